The van der Waals surface area contributed by atoms with Gasteiger partial charge < -0.3 is 10.4 Å². The quantitative estimate of drug-likeness (QED) is 0.741. The van der Waals surface area contributed by atoms with Crippen molar-refractivity contribution in [1.29, 1.82) is 0 Å². The van der Waals surface area contributed by atoms with E-state index < -0.39 is 6.10 Å². The van der Waals surface area contributed by atoms with Crippen LogP contribution in [0.1, 0.15) is 25.8 Å². The van der Waals surface area contributed by atoms with Gasteiger partial charge in [0.25, 0.3) is 0 Å². The molecule has 1 amide bonds. The summed E-state index contributed by atoms with van der Waals surface area (Å²) in [6, 6.07) is -0.0407. The predicted molar refractivity (Wildman–Crippen MR) is 66.1 cm³/mol. The smallest absolute Gasteiger partial charge is 0.244 e. The lowest BCUT2D eigenvalue weighted by Crippen LogP contribution is -2.33. The molecule has 2 unspecified atom stereocenters. The monoisotopic (exact) mass is 237 g/mol. The Morgan fingerprint density at radius 3 is 2.88 bits per heavy atom. The van der Waals surface area contributed by atoms with Crippen molar-refractivity contribution in [2.45, 2.75) is 32.4 Å². The van der Waals surface area contributed by atoms with Crippen LogP contribution in [0.5, 0.6) is 0 Å². The van der Waals surface area contributed by atoms with Gasteiger partial charge in [0.2, 0.25) is 5.91 Å². The second-order valence-electron chi connectivity index (χ2n) is 4.28. The molecule has 1 heterocycles. The molecule has 0 saturated carbocycles. The molecule has 1 aromatic rings. The Morgan fingerprint density at radius 1 is 1.65 bits per heavy atom. The molecular weight excluding hydrogens is 218 g/mol. The molecule has 1 rings (SSSR count). The van der Waals surface area contributed by atoms with Crippen molar-refractivity contribution in [2.24, 2.45) is 7.05 Å². The lowest BCUT2D eigenvalue weighted by atomic mass is 10.1. The highest BCUT2D eigenvalue weighted by Crippen LogP contribution is 2.00. The number of hydrogen-bond donors (Lipinski definition) is 2. The molecule has 0 bridgehead atoms. The highest BCUT2D eigenvalue weighted by Gasteiger charge is 2.07. The van der Waals surface area contributed by atoms with Gasteiger partial charge in [0.15, 0.2) is 0 Å². The van der Waals surface area contributed by atoms with E-state index in [0.717, 1.165) is 5.56 Å². The Bertz CT molecular complexity index is 396. The Labute approximate surface area is 101 Å². The highest BCUT2D eigenvalue weighted by molar-refractivity contribution is 5.91. The Balaban J connectivity index is 2.41. The summed E-state index contributed by atoms with van der Waals surface area (Å²) >= 11 is 0. The number of amides is 1. The number of nitrogens with zero attached hydrogens (tertiary/aromatic N) is 2. The van der Waals surface area contributed by atoms with Crippen LogP contribution in [0.15, 0.2) is 18.5 Å². The molecule has 2 N–H and O–H groups in total. The molecule has 5 heteroatoms. The SMILES string of the molecule is CC(O)CC(C)NC(=O)/C=C/c1cnn(C)c1. The van der Waals surface area contributed by atoms with Gasteiger partial charge in [-0.15, -0.1) is 0 Å². The molecule has 5 nitrogen and oxygen atoms in total. The summed E-state index contributed by atoms with van der Waals surface area (Å²) in [5.41, 5.74) is 0.880. The lowest BCUT2D eigenvalue weighted by molar-refractivity contribution is -0.117. The van der Waals surface area contributed by atoms with Crippen LogP contribution in [0.4, 0.5) is 0 Å². The standard InChI is InChI=1S/C12H19N3O2/c1-9(6-10(2)16)14-12(17)5-4-11-7-13-15(3)8-11/h4-5,7-10,16H,6H2,1-3H3,(H,14,17)/b5-4+. The van der Waals surface area contributed by atoms with Crippen LogP contribution in [-0.4, -0.2) is 32.9 Å². The first-order valence-corrected chi connectivity index (χ1v) is 5.62. The Kier molecular flexibility index (Phi) is 4.90. The zero-order valence-electron chi connectivity index (χ0n) is 10.4. The topological polar surface area (TPSA) is 67.2 Å². The molecule has 0 spiro atoms. The molecule has 0 radical (unpaired) electrons. The fourth-order valence-corrected chi connectivity index (χ4v) is 1.56. The molecule has 0 saturated heterocycles. The van der Waals surface area contributed by atoms with Gasteiger partial charge in [0.05, 0.1) is 12.3 Å². The van der Waals surface area contributed by atoms with E-state index in [1.807, 2.05) is 20.2 Å². The number of nitrogens with one attached hydrogen (secondary N) is 1. The van der Waals surface area contributed by atoms with Gasteiger partial charge in [-0.3, -0.25) is 9.48 Å². The number of aromatic nitrogens is 2. The highest BCUT2D eigenvalue weighted by atomic mass is 16.3. The minimum atomic E-state index is -0.410. The number of aliphatic hydroxyl groups excluding tert-OH is 1. The average molecular weight is 237 g/mol. The minimum absolute atomic E-state index is 0.0407. The van der Waals surface area contributed by atoms with Crippen molar-refractivity contribution >= 4 is 12.0 Å². The Morgan fingerprint density at radius 2 is 2.35 bits per heavy atom. The van der Waals surface area contributed by atoms with E-state index >= 15 is 0 Å². The molecule has 2 atom stereocenters. The first-order chi connectivity index (χ1) is 7.97. The van der Waals surface area contributed by atoms with Gasteiger partial charge in [-0.25, -0.2) is 0 Å². The van der Waals surface area contributed by atoms with E-state index in [9.17, 15) is 4.79 Å². The summed E-state index contributed by atoms with van der Waals surface area (Å²) in [7, 11) is 1.82. The van der Waals surface area contributed by atoms with Crippen LogP contribution in [-0.2, 0) is 11.8 Å². The maximum Gasteiger partial charge on any atom is 0.244 e. The maximum absolute atomic E-state index is 11.5. The van der Waals surface area contributed by atoms with Crippen LogP contribution >= 0.6 is 0 Å². The summed E-state index contributed by atoms with van der Waals surface area (Å²) in [6.45, 7) is 3.57. The number of aryl methyl sites for hydroxylation is 1. The number of aliphatic hydroxyl groups is 1. The van der Waals surface area contributed by atoms with Crippen LogP contribution in [0.25, 0.3) is 6.08 Å². The van der Waals surface area contributed by atoms with E-state index in [1.54, 1.807) is 23.9 Å². The van der Waals surface area contributed by atoms with Gasteiger partial charge in [0, 0.05) is 30.9 Å². The molecule has 0 aromatic carbocycles. The summed E-state index contributed by atoms with van der Waals surface area (Å²) in [6.07, 6.45) is 6.82. The second-order valence-corrected chi connectivity index (χ2v) is 4.28. The number of hydrogen-bond acceptors (Lipinski definition) is 3. The number of carbonyl (C=O) groups is 1. The normalized spacial score (nSPS) is 14.8. The summed E-state index contributed by atoms with van der Waals surface area (Å²) in [5.74, 6) is -0.165. The van der Waals surface area contributed by atoms with Crippen LogP contribution < -0.4 is 5.32 Å². The van der Waals surface area contributed by atoms with Gasteiger partial charge in [-0.05, 0) is 26.3 Å². The number of rotatable bonds is 5. The molecule has 17 heavy (non-hydrogen) atoms. The lowest BCUT2D eigenvalue weighted by Gasteiger charge is -2.13. The zero-order chi connectivity index (χ0) is 12.8. The van der Waals surface area contributed by atoms with Crippen molar-refractivity contribution in [1.82, 2.24) is 15.1 Å². The predicted octanol–water partition coefficient (Wildman–Crippen LogP) is 0.709. The third-order valence-electron chi connectivity index (χ3n) is 2.24. The minimum Gasteiger partial charge on any atom is -0.393 e. The maximum atomic E-state index is 11.5. The summed E-state index contributed by atoms with van der Waals surface area (Å²) in [5, 5.41) is 15.9. The largest absolute Gasteiger partial charge is 0.393 e. The average Bonchev–Trinajstić information content (AvgIpc) is 2.59. The van der Waals surface area contributed by atoms with Crippen LogP contribution in [0.2, 0.25) is 0 Å². The second kappa shape index (κ2) is 6.20. The van der Waals surface area contributed by atoms with Crippen molar-refractivity contribution in [3.05, 3.63) is 24.0 Å². The molecule has 1 aromatic heterocycles. The third kappa shape index (κ3) is 5.31. The van der Waals surface area contributed by atoms with E-state index in [-0.39, 0.29) is 11.9 Å². The zero-order valence-corrected chi connectivity index (χ0v) is 10.4. The molecular formula is C12H19N3O2. The van der Waals surface area contributed by atoms with E-state index in [0.29, 0.717) is 6.42 Å². The van der Waals surface area contributed by atoms with Crippen LogP contribution in [0.3, 0.4) is 0 Å². The van der Waals surface area contributed by atoms with E-state index in [1.165, 1.54) is 6.08 Å². The van der Waals surface area contributed by atoms with Crippen molar-refractivity contribution in [3.8, 4) is 0 Å². The van der Waals surface area contributed by atoms with E-state index in [4.69, 9.17) is 5.11 Å². The van der Waals surface area contributed by atoms with Gasteiger partial charge in [-0.2, -0.15) is 5.10 Å². The van der Waals surface area contributed by atoms with Gasteiger partial charge >= 0.3 is 0 Å². The van der Waals surface area contributed by atoms with E-state index in [2.05, 4.69) is 10.4 Å². The fraction of sp³-hybridized carbons (Fsp3) is 0.500. The summed E-state index contributed by atoms with van der Waals surface area (Å²) < 4.78 is 1.67. The fourth-order valence-electron chi connectivity index (χ4n) is 1.56. The third-order valence-corrected chi connectivity index (χ3v) is 2.24. The molecule has 0 fully saturated rings. The first kappa shape index (κ1) is 13.4. The Hall–Kier alpha value is -1.62. The van der Waals surface area contributed by atoms with Crippen LogP contribution in [0, 0.1) is 0 Å². The van der Waals surface area contributed by atoms with Crippen molar-refractivity contribution < 1.29 is 9.90 Å². The molecule has 0 aliphatic heterocycles. The number of carbonyl (C=O) groups excluding carboxylic acids is 1. The van der Waals surface area contributed by atoms with Gasteiger partial charge in [0.1, 0.15) is 0 Å². The summed E-state index contributed by atoms with van der Waals surface area (Å²) in [4.78, 5) is 11.5. The molecule has 0 aliphatic rings. The van der Waals surface area contributed by atoms with Crippen molar-refractivity contribution in [3.63, 3.8) is 0 Å². The first-order valence-electron chi connectivity index (χ1n) is 5.62. The molecule has 94 valence electrons. The van der Waals surface area contributed by atoms with Gasteiger partial charge in [-0.1, -0.05) is 0 Å². The van der Waals surface area contributed by atoms with Crippen molar-refractivity contribution in [2.75, 3.05) is 0 Å². The molecule has 0 aliphatic carbocycles.